The molecule has 0 aromatic heterocycles. The van der Waals surface area contributed by atoms with E-state index in [0.29, 0.717) is 16.1 Å². The molecule has 1 aliphatic rings. The average molecular weight is 283 g/mol. The molecule has 0 N–H and O–H groups in total. The monoisotopic (exact) mass is 282 g/mol. The lowest BCUT2D eigenvalue weighted by Crippen LogP contribution is -2.30. The molecule has 0 bridgehead atoms. The Labute approximate surface area is 119 Å². The van der Waals surface area contributed by atoms with E-state index in [9.17, 15) is 9.59 Å². The number of hydrogen-bond donors (Lipinski definition) is 0. The van der Waals surface area contributed by atoms with Gasteiger partial charge in [-0.05, 0) is 30.3 Å². The third-order valence-electron chi connectivity index (χ3n) is 3.12. The smallest absolute Gasteiger partial charge is 0.266 e. The standard InChI is InChI=1S/C15H7ClN2O2/c16-10-6-5-9(8-17)13(7-10)18-14(19)11-3-1-2-4-12(11)15(18)20/h1-7H. The molecule has 2 aromatic rings. The van der Waals surface area contributed by atoms with Crippen LogP contribution < -0.4 is 4.90 Å². The molecule has 0 saturated carbocycles. The molecule has 0 spiro atoms. The second-order valence-corrected chi connectivity index (χ2v) is 4.70. The van der Waals surface area contributed by atoms with Crippen LogP contribution in [-0.2, 0) is 0 Å². The number of nitrogens with zero attached hydrogens (tertiary/aromatic N) is 2. The Morgan fingerprint density at radius 3 is 2.15 bits per heavy atom. The molecule has 3 rings (SSSR count). The summed E-state index contributed by atoms with van der Waals surface area (Å²) in [6, 6.07) is 13.0. The quantitative estimate of drug-likeness (QED) is 0.755. The van der Waals surface area contributed by atoms with Gasteiger partial charge in [0.25, 0.3) is 11.8 Å². The van der Waals surface area contributed by atoms with E-state index in [1.54, 1.807) is 30.3 Å². The maximum atomic E-state index is 12.3. The number of halogens is 1. The zero-order valence-electron chi connectivity index (χ0n) is 10.1. The van der Waals surface area contributed by atoms with E-state index in [0.717, 1.165) is 4.90 Å². The predicted molar refractivity (Wildman–Crippen MR) is 73.7 cm³/mol. The van der Waals surface area contributed by atoms with Crippen LogP contribution in [0.25, 0.3) is 0 Å². The first-order chi connectivity index (χ1) is 9.63. The van der Waals surface area contributed by atoms with E-state index >= 15 is 0 Å². The maximum Gasteiger partial charge on any atom is 0.266 e. The van der Waals surface area contributed by atoms with Crippen LogP contribution in [0.1, 0.15) is 26.3 Å². The lowest BCUT2D eigenvalue weighted by Gasteiger charge is -2.15. The normalized spacial score (nSPS) is 13.3. The molecule has 0 aliphatic carbocycles. The molecule has 4 nitrogen and oxygen atoms in total. The van der Waals surface area contributed by atoms with Gasteiger partial charge in [0.1, 0.15) is 6.07 Å². The number of carbonyl (C=O) groups excluding carboxylic acids is 2. The molecular weight excluding hydrogens is 276 g/mol. The minimum absolute atomic E-state index is 0.214. The molecule has 0 fully saturated rings. The zero-order chi connectivity index (χ0) is 14.3. The van der Waals surface area contributed by atoms with Gasteiger partial charge in [-0.15, -0.1) is 0 Å². The number of nitriles is 1. The molecule has 2 aromatic carbocycles. The predicted octanol–water partition coefficient (Wildman–Crippen LogP) is 3.01. The molecular formula is C15H7ClN2O2. The van der Waals surface area contributed by atoms with Gasteiger partial charge >= 0.3 is 0 Å². The van der Waals surface area contributed by atoms with Gasteiger partial charge in [0.2, 0.25) is 0 Å². The molecule has 20 heavy (non-hydrogen) atoms. The highest BCUT2D eigenvalue weighted by molar-refractivity contribution is 6.35. The van der Waals surface area contributed by atoms with Gasteiger partial charge in [-0.1, -0.05) is 23.7 Å². The second kappa shape index (κ2) is 4.48. The van der Waals surface area contributed by atoms with Crippen molar-refractivity contribution in [3.63, 3.8) is 0 Å². The molecule has 0 saturated heterocycles. The van der Waals surface area contributed by atoms with Gasteiger partial charge in [-0.25, -0.2) is 4.90 Å². The third kappa shape index (κ3) is 1.68. The van der Waals surface area contributed by atoms with Gasteiger partial charge in [0.15, 0.2) is 0 Å². The summed E-state index contributed by atoms with van der Waals surface area (Å²) in [4.78, 5) is 25.7. The summed E-state index contributed by atoms with van der Waals surface area (Å²) in [5, 5.41) is 9.47. The average Bonchev–Trinajstić information content (AvgIpc) is 2.71. The third-order valence-corrected chi connectivity index (χ3v) is 3.35. The van der Waals surface area contributed by atoms with E-state index in [-0.39, 0.29) is 11.3 Å². The van der Waals surface area contributed by atoms with Gasteiger partial charge in [-0.2, -0.15) is 5.26 Å². The molecule has 96 valence electrons. The number of benzene rings is 2. The Morgan fingerprint density at radius 1 is 1.00 bits per heavy atom. The van der Waals surface area contributed by atoms with Crippen molar-refractivity contribution in [2.45, 2.75) is 0 Å². The van der Waals surface area contributed by atoms with Crippen molar-refractivity contribution in [2.24, 2.45) is 0 Å². The Morgan fingerprint density at radius 2 is 1.60 bits per heavy atom. The summed E-state index contributed by atoms with van der Waals surface area (Å²) in [6.07, 6.45) is 0. The number of anilines is 1. The molecule has 1 aliphatic heterocycles. The van der Waals surface area contributed by atoms with Crippen molar-refractivity contribution in [1.82, 2.24) is 0 Å². The van der Waals surface area contributed by atoms with E-state index in [4.69, 9.17) is 16.9 Å². The fraction of sp³-hybridized carbons (Fsp3) is 0. The number of hydrogen-bond acceptors (Lipinski definition) is 3. The summed E-state index contributed by atoms with van der Waals surface area (Å²) in [5.74, 6) is -0.881. The van der Waals surface area contributed by atoms with E-state index in [1.807, 2.05) is 6.07 Å². The highest BCUT2D eigenvalue weighted by Crippen LogP contribution is 2.32. The SMILES string of the molecule is N#Cc1ccc(Cl)cc1N1C(=O)c2ccccc2C1=O. The van der Waals surface area contributed by atoms with Crippen LogP contribution >= 0.6 is 11.6 Å². The van der Waals surface area contributed by atoms with Crippen LogP contribution in [-0.4, -0.2) is 11.8 Å². The second-order valence-electron chi connectivity index (χ2n) is 4.26. The number of carbonyl (C=O) groups is 2. The van der Waals surface area contributed by atoms with Crippen LogP contribution in [0.4, 0.5) is 5.69 Å². The Bertz CT molecular complexity index is 758. The van der Waals surface area contributed by atoms with E-state index in [2.05, 4.69) is 0 Å². The van der Waals surface area contributed by atoms with Crippen molar-refractivity contribution < 1.29 is 9.59 Å². The van der Waals surface area contributed by atoms with Gasteiger partial charge in [0, 0.05) is 5.02 Å². The largest absolute Gasteiger partial charge is 0.268 e. The van der Waals surface area contributed by atoms with Crippen molar-refractivity contribution in [1.29, 1.82) is 5.26 Å². The fourth-order valence-corrected chi connectivity index (χ4v) is 2.36. The first-order valence-electron chi connectivity index (χ1n) is 5.81. The van der Waals surface area contributed by atoms with Crippen LogP contribution in [0.2, 0.25) is 5.02 Å². The Balaban J connectivity index is 2.19. The highest BCUT2D eigenvalue weighted by Gasteiger charge is 2.37. The van der Waals surface area contributed by atoms with E-state index < -0.39 is 11.8 Å². The van der Waals surface area contributed by atoms with Crippen molar-refractivity contribution in [2.75, 3.05) is 4.90 Å². The number of fused-ring (bicyclic) bond motifs is 1. The van der Waals surface area contributed by atoms with Crippen LogP contribution in [0.5, 0.6) is 0 Å². The fourth-order valence-electron chi connectivity index (χ4n) is 2.19. The number of amides is 2. The Kier molecular flexibility index (Phi) is 2.78. The van der Waals surface area contributed by atoms with Gasteiger partial charge in [0.05, 0.1) is 22.4 Å². The highest BCUT2D eigenvalue weighted by atomic mass is 35.5. The lowest BCUT2D eigenvalue weighted by molar-refractivity contribution is 0.0926. The van der Waals surface area contributed by atoms with Gasteiger partial charge in [-0.3, -0.25) is 9.59 Å². The Hall–Kier alpha value is -2.64. The lowest BCUT2D eigenvalue weighted by atomic mass is 10.1. The molecule has 2 amide bonds. The summed E-state index contributed by atoms with van der Waals surface area (Å²) < 4.78 is 0. The van der Waals surface area contributed by atoms with Crippen molar-refractivity contribution in [3.8, 4) is 6.07 Å². The molecule has 0 atom stereocenters. The first-order valence-corrected chi connectivity index (χ1v) is 6.19. The summed E-state index contributed by atoms with van der Waals surface area (Å²) in [5.41, 5.74) is 1.11. The zero-order valence-corrected chi connectivity index (χ0v) is 10.9. The number of rotatable bonds is 1. The first kappa shape index (κ1) is 12.4. The van der Waals surface area contributed by atoms with Crippen molar-refractivity contribution in [3.05, 3.63) is 64.2 Å². The van der Waals surface area contributed by atoms with Crippen molar-refractivity contribution >= 4 is 29.1 Å². The topological polar surface area (TPSA) is 61.2 Å². The van der Waals surface area contributed by atoms with Gasteiger partial charge < -0.3 is 0 Å². The summed E-state index contributed by atoms with van der Waals surface area (Å²) in [6.45, 7) is 0. The molecule has 1 heterocycles. The van der Waals surface area contributed by atoms with Crippen LogP contribution in [0, 0.1) is 11.3 Å². The van der Waals surface area contributed by atoms with Crippen LogP contribution in [0.3, 0.4) is 0 Å². The molecule has 5 heteroatoms. The summed E-state index contributed by atoms with van der Waals surface area (Å²) in [7, 11) is 0. The molecule has 0 radical (unpaired) electrons. The summed E-state index contributed by atoms with van der Waals surface area (Å²) >= 11 is 5.90. The minimum Gasteiger partial charge on any atom is -0.268 e. The maximum absolute atomic E-state index is 12.3. The molecule has 0 unspecified atom stereocenters. The van der Waals surface area contributed by atoms with E-state index in [1.165, 1.54) is 12.1 Å². The number of imide groups is 1. The minimum atomic E-state index is -0.440. The van der Waals surface area contributed by atoms with Crippen LogP contribution in [0.15, 0.2) is 42.5 Å².